The van der Waals surface area contributed by atoms with E-state index in [1.807, 2.05) is 0 Å². The summed E-state index contributed by atoms with van der Waals surface area (Å²) >= 11 is 0. The maximum atomic E-state index is 11.3. The van der Waals surface area contributed by atoms with Crippen molar-refractivity contribution in [3.63, 3.8) is 0 Å². The van der Waals surface area contributed by atoms with Gasteiger partial charge in [0.25, 0.3) is 0 Å². The van der Waals surface area contributed by atoms with Crippen LogP contribution in [0.2, 0.25) is 0 Å². The van der Waals surface area contributed by atoms with E-state index in [2.05, 4.69) is 9.47 Å². The summed E-state index contributed by atoms with van der Waals surface area (Å²) in [6, 6.07) is -1.19. The molecule has 0 saturated heterocycles. The number of aliphatic carboxylic acids is 2. The normalized spacial score (nSPS) is 12.3. The van der Waals surface area contributed by atoms with Gasteiger partial charge in [-0.2, -0.15) is 0 Å². The Kier molecular flexibility index (Phi) is 35.8. The summed E-state index contributed by atoms with van der Waals surface area (Å²) in [5.41, 5.74) is 5.41. The molecule has 122 valence electrons. The summed E-state index contributed by atoms with van der Waals surface area (Å²) in [4.78, 5) is 43.5. The number of hydrogen-bond donors (Lipinski definition) is 3. The molecule has 0 rings (SSSR count). The van der Waals surface area contributed by atoms with Gasteiger partial charge in [0.2, 0.25) is 0 Å². The van der Waals surface area contributed by atoms with Crippen LogP contribution in [0.4, 0.5) is 0 Å². The topological polar surface area (TPSA) is 153 Å². The second-order valence-electron chi connectivity index (χ2n) is 4.03. The van der Waals surface area contributed by atoms with Gasteiger partial charge in [-0.15, -0.1) is 0 Å². The predicted octanol–water partition coefficient (Wildman–Crippen LogP) is -12.4. The molecule has 3 atom stereocenters. The Morgan fingerprint density at radius 1 is 0.917 bits per heavy atom. The van der Waals surface area contributed by atoms with Gasteiger partial charge in [-0.3, -0.25) is 9.59 Å². The van der Waals surface area contributed by atoms with Crippen LogP contribution in [0.5, 0.6) is 0 Å². The molecule has 0 aliphatic carbocycles. The van der Waals surface area contributed by atoms with E-state index in [0.29, 0.717) is 0 Å². The summed E-state index contributed by atoms with van der Waals surface area (Å²) < 4.78 is 9.04. The Hall–Kier alpha value is 4.39. The van der Waals surface area contributed by atoms with Crippen molar-refractivity contribution >= 4 is 23.9 Å². The number of carbonyl (C=O) groups excluding carboxylic acids is 2. The monoisotopic (exact) mass is 451 g/mol. The first-order valence-corrected chi connectivity index (χ1v) is 5.76. The minimum absolute atomic E-state index is 0. The molecule has 2 unspecified atom stereocenters. The van der Waals surface area contributed by atoms with Gasteiger partial charge >= 0.3 is 229 Å². The average molecular weight is 452 g/mol. The molecule has 0 aliphatic heterocycles. The summed E-state index contributed by atoms with van der Waals surface area (Å²) in [5, 5.41) is 17.1. The quantitative estimate of drug-likeness (QED) is 0.241. The number of carbonyl (C=O) groups is 4. The third-order valence-corrected chi connectivity index (χ3v) is 2.26. The number of carboxylic acids is 2. The molecule has 0 bridgehead atoms. The van der Waals surface area contributed by atoms with Gasteiger partial charge in [0.15, 0.2) is 12.2 Å². The van der Waals surface area contributed by atoms with Crippen LogP contribution in [0, 0.1) is 0 Å². The average Bonchev–Trinajstić information content (AvgIpc) is 2.35. The van der Waals surface area contributed by atoms with E-state index in [4.69, 9.17) is 15.9 Å². The fraction of sp³-hybridized carbons (Fsp3) is 0.636. The van der Waals surface area contributed by atoms with Gasteiger partial charge < -0.3 is 31.1 Å². The zero-order valence-electron chi connectivity index (χ0n) is 19.1. The SMILES string of the molecule is CC(OC(=O)CC[C@H](N)C(=O)OC(C)C(=O)O)C(=O)O.[H-].[H-].[H-].[H-].[K+].[K+].[K+].[K+]. The molecule has 0 aromatic rings. The first kappa shape index (κ1) is 38.9. The first-order chi connectivity index (χ1) is 9.15. The molecule has 24 heavy (non-hydrogen) atoms. The van der Waals surface area contributed by atoms with E-state index in [1.165, 1.54) is 6.92 Å². The molecule has 0 fully saturated rings. The van der Waals surface area contributed by atoms with Gasteiger partial charge in [0.05, 0.1) is 0 Å². The Labute approximate surface area is 316 Å². The fourth-order valence-electron chi connectivity index (χ4n) is 1.01. The van der Waals surface area contributed by atoms with Crippen LogP contribution in [0.3, 0.4) is 0 Å². The number of rotatable bonds is 8. The van der Waals surface area contributed by atoms with Crippen molar-refractivity contribution in [1.82, 2.24) is 0 Å². The van der Waals surface area contributed by atoms with Gasteiger partial charge in [0.1, 0.15) is 6.04 Å². The molecule has 0 aromatic carbocycles. The Balaban J connectivity index is -0.0000000645. The van der Waals surface area contributed by atoms with E-state index in [-0.39, 0.29) is 224 Å². The summed E-state index contributed by atoms with van der Waals surface area (Å²) in [6.07, 6.45) is -3.06. The largest absolute Gasteiger partial charge is 1.00 e. The maximum Gasteiger partial charge on any atom is 1.00 e. The third-order valence-electron chi connectivity index (χ3n) is 2.26. The van der Waals surface area contributed by atoms with Crippen molar-refractivity contribution in [3.05, 3.63) is 0 Å². The molecule has 0 amide bonds. The van der Waals surface area contributed by atoms with Crippen molar-refractivity contribution in [2.24, 2.45) is 5.73 Å². The second kappa shape index (κ2) is 22.1. The van der Waals surface area contributed by atoms with E-state index < -0.39 is 42.1 Å². The summed E-state index contributed by atoms with van der Waals surface area (Å²) in [5.74, 6) is -4.40. The van der Waals surface area contributed by atoms with Gasteiger partial charge in [-0.05, 0) is 20.3 Å². The van der Waals surface area contributed by atoms with Crippen LogP contribution in [0.1, 0.15) is 32.4 Å². The Bertz CT molecular complexity index is 426. The Morgan fingerprint density at radius 2 is 1.29 bits per heavy atom. The van der Waals surface area contributed by atoms with Crippen molar-refractivity contribution in [2.45, 2.75) is 44.9 Å². The molecule has 0 spiro atoms. The van der Waals surface area contributed by atoms with Crippen molar-refractivity contribution in [2.75, 3.05) is 0 Å². The fourth-order valence-corrected chi connectivity index (χ4v) is 1.01. The van der Waals surface area contributed by atoms with Crippen molar-refractivity contribution in [1.29, 1.82) is 0 Å². The van der Waals surface area contributed by atoms with Crippen molar-refractivity contribution in [3.8, 4) is 0 Å². The Morgan fingerprint density at radius 3 is 1.67 bits per heavy atom. The molecule has 13 heteroatoms. The minimum atomic E-state index is -1.34. The smallest absolute Gasteiger partial charge is 1.00 e. The van der Waals surface area contributed by atoms with Gasteiger partial charge in [0, 0.05) is 6.42 Å². The van der Waals surface area contributed by atoms with Crippen LogP contribution < -0.4 is 211 Å². The summed E-state index contributed by atoms with van der Waals surface area (Å²) in [6.45, 7) is 2.35. The van der Waals surface area contributed by atoms with Gasteiger partial charge in [-0.25, -0.2) is 9.59 Å². The molecule has 0 aliphatic rings. The van der Waals surface area contributed by atoms with Crippen LogP contribution in [-0.2, 0) is 28.7 Å². The third kappa shape index (κ3) is 19.7. The standard InChI is InChI=1S/C11H17NO8.4K.4H/c1-5(9(14)15)19-8(13)4-3-7(12)11(18)20-6(2)10(16)17;;;;;;;;/h5-7H,3-4,12H2,1-2H3,(H,14,15)(H,16,17);;;;;;;;/q;4*+1;4*-1/t5?,6?,7-;;;;;;;;/m0......../s1. The molecule has 0 saturated carbocycles. The number of ether oxygens (including phenoxy) is 2. The maximum absolute atomic E-state index is 11.3. The van der Waals surface area contributed by atoms with Crippen LogP contribution in [0.25, 0.3) is 0 Å². The van der Waals surface area contributed by atoms with Crippen molar-refractivity contribution < 1.29 is 250 Å². The molecular formula is C11H21K4NO8. The molecule has 0 aromatic heterocycles. The van der Waals surface area contributed by atoms with E-state index in [1.54, 1.807) is 0 Å². The zero-order chi connectivity index (χ0) is 15.9. The van der Waals surface area contributed by atoms with Crippen LogP contribution in [0.15, 0.2) is 0 Å². The van der Waals surface area contributed by atoms with Gasteiger partial charge in [-0.1, -0.05) is 0 Å². The minimum Gasteiger partial charge on any atom is -1.00 e. The van der Waals surface area contributed by atoms with Crippen LogP contribution >= 0.6 is 0 Å². The first-order valence-electron chi connectivity index (χ1n) is 5.76. The number of carboxylic acid groups (broad SMARTS) is 2. The number of hydrogen-bond acceptors (Lipinski definition) is 7. The second-order valence-corrected chi connectivity index (χ2v) is 4.03. The van der Waals surface area contributed by atoms with E-state index >= 15 is 0 Å². The van der Waals surface area contributed by atoms with E-state index in [9.17, 15) is 19.2 Å². The van der Waals surface area contributed by atoms with E-state index in [0.717, 1.165) is 6.92 Å². The molecule has 9 nitrogen and oxygen atoms in total. The summed E-state index contributed by atoms with van der Waals surface area (Å²) in [7, 11) is 0. The molecule has 4 N–H and O–H groups in total. The zero-order valence-corrected chi connectivity index (χ0v) is 27.6. The molecule has 0 radical (unpaired) electrons. The number of nitrogens with two attached hydrogens (primary N) is 1. The molecular weight excluding hydrogens is 431 g/mol. The number of esters is 2. The molecule has 0 heterocycles. The van der Waals surface area contributed by atoms with Crippen LogP contribution in [-0.4, -0.2) is 52.3 Å². The predicted molar refractivity (Wildman–Crippen MR) is 68.0 cm³/mol.